The zero-order chi connectivity index (χ0) is 9.52. The Balaban J connectivity index is 2.36. The smallest absolute Gasteiger partial charge is 0.207 e. The second kappa shape index (κ2) is 6.01. The third-order valence-corrected chi connectivity index (χ3v) is 3.10. The van der Waals surface area contributed by atoms with Crippen molar-refractivity contribution in [3.05, 3.63) is 0 Å². The molecule has 1 rings (SSSR count). The molecule has 2 heteroatoms. The molecular weight excluding hydrogens is 162 g/mol. The molecule has 1 saturated carbocycles. The Hall–Kier alpha value is -0.530. The Labute approximate surface area is 81.1 Å². The van der Waals surface area contributed by atoms with Gasteiger partial charge in [0.25, 0.3) is 0 Å². The molecule has 1 amide bonds. The zero-order valence-corrected chi connectivity index (χ0v) is 8.59. The van der Waals surface area contributed by atoms with E-state index in [1.54, 1.807) is 0 Å². The van der Waals surface area contributed by atoms with E-state index in [2.05, 4.69) is 12.2 Å². The average Bonchev–Trinajstić information content (AvgIpc) is 2.19. The fourth-order valence-corrected chi connectivity index (χ4v) is 2.39. The summed E-state index contributed by atoms with van der Waals surface area (Å²) in [5.41, 5.74) is 0. The van der Waals surface area contributed by atoms with Gasteiger partial charge in [0.1, 0.15) is 0 Å². The lowest BCUT2D eigenvalue weighted by Crippen LogP contribution is -2.36. The van der Waals surface area contributed by atoms with Crippen molar-refractivity contribution in [2.45, 2.75) is 57.9 Å². The summed E-state index contributed by atoms with van der Waals surface area (Å²) in [6.07, 6.45) is 9.89. The third kappa shape index (κ3) is 3.37. The number of rotatable bonds is 5. The van der Waals surface area contributed by atoms with Gasteiger partial charge in [-0.3, -0.25) is 4.79 Å². The molecule has 0 aromatic heterocycles. The van der Waals surface area contributed by atoms with Crippen LogP contribution < -0.4 is 5.32 Å². The predicted octanol–water partition coefficient (Wildman–Crippen LogP) is 2.48. The number of amides is 1. The highest BCUT2D eigenvalue weighted by atomic mass is 16.1. The van der Waals surface area contributed by atoms with Gasteiger partial charge in [-0.15, -0.1) is 0 Å². The molecule has 0 aromatic rings. The minimum atomic E-state index is 0.447. The van der Waals surface area contributed by atoms with E-state index in [1.165, 1.54) is 38.5 Å². The fraction of sp³-hybridized carbons (Fsp3) is 0.909. The van der Waals surface area contributed by atoms with Crippen molar-refractivity contribution in [1.82, 2.24) is 5.32 Å². The minimum absolute atomic E-state index is 0.447. The van der Waals surface area contributed by atoms with Crippen molar-refractivity contribution in [3.8, 4) is 0 Å². The standard InChI is InChI=1S/C11H21NO/c1-2-6-11(12-9-13)10-7-4-3-5-8-10/h9-11H,2-8H2,1H3,(H,12,13). The first-order chi connectivity index (χ1) is 6.38. The van der Waals surface area contributed by atoms with Gasteiger partial charge in [-0.25, -0.2) is 0 Å². The quantitative estimate of drug-likeness (QED) is 0.652. The van der Waals surface area contributed by atoms with Crippen LogP contribution in [0.25, 0.3) is 0 Å². The first-order valence-corrected chi connectivity index (χ1v) is 5.58. The Morgan fingerprint density at radius 1 is 1.38 bits per heavy atom. The van der Waals surface area contributed by atoms with Crippen LogP contribution in [0.4, 0.5) is 0 Å². The molecule has 0 aliphatic heterocycles. The maximum absolute atomic E-state index is 10.4. The van der Waals surface area contributed by atoms with E-state index < -0.39 is 0 Å². The van der Waals surface area contributed by atoms with Gasteiger partial charge in [-0.05, 0) is 25.2 Å². The highest BCUT2D eigenvalue weighted by Crippen LogP contribution is 2.27. The molecular formula is C11H21NO. The molecule has 0 heterocycles. The summed E-state index contributed by atoms with van der Waals surface area (Å²) in [6, 6.07) is 0.447. The van der Waals surface area contributed by atoms with E-state index in [0.717, 1.165) is 18.7 Å². The molecule has 2 nitrogen and oxygen atoms in total. The van der Waals surface area contributed by atoms with Crippen LogP contribution in [0.5, 0.6) is 0 Å². The largest absolute Gasteiger partial charge is 0.356 e. The summed E-state index contributed by atoms with van der Waals surface area (Å²) in [7, 11) is 0. The van der Waals surface area contributed by atoms with E-state index in [9.17, 15) is 4.79 Å². The highest BCUT2D eigenvalue weighted by molar-refractivity contribution is 5.46. The first-order valence-electron chi connectivity index (χ1n) is 5.58. The van der Waals surface area contributed by atoms with Crippen molar-refractivity contribution < 1.29 is 4.79 Å². The Kier molecular flexibility index (Phi) is 4.87. The van der Waals surface area contributed by atoms with Crippen molar-refractivity contribution in [3.63, 3.8) is 0 Å². The molecule has 1 aliphatic carbocycles. The molecule has 1 atom stereocenters. The summed E-state index contributed by atoms with van der Waals surface area (Å²) in [5.74, 6) is 0.749. The molecule has 13 heavy (non-hydrogen) atoms. The molecule has 0 aromatic carbocycles. The van der Waals surface area contributed by atoms with Crippen LogP contribution in [0.3, 0.4) is 0 Å². The van der Waals surface area contributed by atoms with Crippen LogP contribution in [0.2, 0.25) is 0 Å². The lowest BCUT2D eigenvalue weighted by molar-refractivity contribution is -0.110. The maximum atomic E-state index is 10.4. The number of carbonyl (C=O) groups excluding carboxylic acids is 1. The number of hydrogen-bond donors (Lipinski definition) is 1. The van der Waals surface area contributed by atoms with Crippen LogP contribution in [-0.2, 0) is 4.79 Å². The van der Waals surface area contributed by atoms with Crippen LogP contribution >= 0.6 is 0 Å². The van der Waals surface area contributed by atoms with E-state index in [1.807, 2.05) is 0 Å². The third-order valence-electron chi connectivity index (χ3n) is 3.10. The van der Waals surface area contributed by atoms with Gasteiger partial charge < -0.3 is 5.32 Å². The zero-order valence-electron chi connectivity index (χ0n) is 8.59. The van der Waals surface area contributed by atoms with Crippen molar-refractivity contribution in [2.24, 2.45) is 5.92 Å². The van der Waals surface area contributed by atoms with Crippen LogP contribution in [0.15, 0.2) is 0 Å². The second-order valence-electron chi connectivity index (χ2n) is 4.08. The second-order valence-corrected chi connectivity index (χ2v) is 4.08. The molecule has 0 saturated heterocycles. The molecule has 1 fully saturated rings. The van der Waals surface area contributed by atoms with E-state index in [-0.39, 0.29) is 0 Å². The van der Waals surface area contributed by atoms with Gasteiger partial charge in [-0.2, -0.15) is 0 Å². The van der Waals surface area contributed by atoms with Crippen molar-refractivity contribution in [2.75, 3.05) is 0 Å². The van der Waals surface area contributed by atoms with Crippen LogP contribution in [0.1, 0.15) is 51.9 Å². The Bertz CT molecular complexity index is 141. The molecule has 1 N–H and O–H groups in total. The lowest BCUT2D eigenvalue weighted by atomic mass is 9.82. The molecule has 0 spiro atoms. The van der Waals surface area contributed by atoms with Crippen LogP contribution in [-0.4, -0.2) is 12.5 Å². The van der Waals surface area contributed by atoms with Crippen molar-refractivity contribution in [1.29, 1.82) is 0 Å². The van der Waals surface area contributed by atoms with Gasteiger partial charge in [0.05, 0.1) is 0 Å². The lowest BCUT2D eigenvalue weighted by Gasteiger charge is -2.29. The van der Waals surface area contributed by atoms with Gasteiger partial charge in [0.2, 0.25) is 6.41 Å². The van der Waals surface area contributed by atoms with E-state index in [4.69, 9.17) is 0 Å². The normalized spacial score (nSPS) is 21.0. The average molecular weight is 183 g/mol. The summed E-state index contributed by atoms with van der Waals surface area (Å²) in [6.45, 7) is 2.18. The van der Waals surface area contributed by atoms with E-state index >= 15 is 0 Å². The molecule has 1 unspecified atom stereocenters. The van der Waals surface area contributed by atoms with Gasteiger partial charge >= 0.3 is 0 Å². The summed E-state index contributed by atoms with van der Waals surface area (Å²) in [5, 5.41) is 2.97. The summed E-state index contributed by atoms with van der Waals surface area (Å²) < 4.78 is 0. The molecule has 0 bridgehead atoms. The maximum Gasteiger partial charge on any atom is 0.207 e. The SMILES string of the molecule is CCCC(NC=O)C1CCCCC1. The summed E-state index contributed by atoms with van der Waals surface area (Å²) >= 11 is 0. The number of carbonyl (C=O) groups is 1. The monoisotopic (exact) mass is 183 g/mol. The van der Waals surface area contributed by atoms with E-state index in [0.29, 0.717) is 6.04 Å². The molecule has 76 valence electrons. The molecule has 1 aliphatic rings. The number of hydrogen-bond acceptors (Lipinski definition) is 1. The molecule has 0 radical (unpaired) electrons. The van der Waals surface area contributed by atoms with Gasteiger partial charge in [0, 0.05) is 6.04 Å². The van der Waals surface area contributed by atoms with Crippen LogP contribution in [0, 0.1) is 5.92 Å². The Morgan fingerprint density at radius 3 is 2.62 bits per heavy atom. The predicted molar refractivity (Wildman–Crippen MR) is 54.5 cm³/mol. The summed E-state index contributed by atoms with van der Waals surface area (Å²) in [4.78, 5) is 10.4. The first kappa shape index (κ1) is 10.6. The Morgan fingerprint density at radius 2 is 2.08 bits per heavy atom. The van der Waals surface area contributed by atoms with Gasteiger partial charge in [-0.1, -0.05) is 32.6 Å². The highest BCUT2D eigenvalue weighted by Gasteiger charge is 2.21. The fourth-order valence-electron chi connectivity index (χ4n) is 2.39. The van der Waals surface area contributed by atoms with Crippen molar-refractivity contribution >= 4 is 6.41 Å². The topological polar surface area (TPSA) is 29.1 Å². The minimum Gasteiger partial charge on any atom is -0.356 e. The van der Waals surface area contributed by atoms with Gasteiger partial charge in [0.15, 0.2) is 0 Å². The number of nitrogens with one attached hydrogen (secondary N) is 1.